The van der Waals surface area contributed by atoms with Crippen molar-refractivity contribution in [2.24, 2.45) is 0 Å². The van der Waals surface area contributed by atoms with E-state index in [2.05, 4.69) is 0 Å². The smallest absolute Gasteiger partial charge is 0.550 e. The Morgan fingerprint density at radius 3 is 1.80 bits per heavy atom. The summed E-state index contributed by atoms with van der Waals surface area (Å²) in [5.41, 5.74) is 0. The van der Waals surface area contributed by atoms with Crippen LogP contribution in [0.4, 0.5) is 0 Å². The minimum atomic E-state index is -1.08. The molecule has 0 spiro atoms. The minimum Gasteiger partial charge on any atom is -0.550 e. The maximum atomic E-state index is 8.89. The van der Waals surface area contributed by atoms with Crippen molar-refractivity contribution in [2.45, 2.75) is 6.92 Å². The second kappa shape index (κ2) is 4.13. The molecule has 0 aromatic rings. The molecule has 0 N–H and O–H groups in total. The quantitative estimate of drug-likeness (QED) is 0.421. The number of carbonyl (C=O) groups excluding carboxylic acids is 1. The van der Waals surface area contributed by atoms with Crippen LogP contribution < -0.4 is 5.11 Å². The van der Waals surface area contributed by atoms with Gasteiger partial charge in [-0.3, -0.25) is 0 Å². The number of hydrogen-bond donors (Lipinski definition) is 0. The molecule has 0 saturated heterocycles. The SMILES string of the molecule is CC(=O)[O-].[Pd+2]. The molecule has 0 unspecified atom stereocenters. The standard InChI is InChI=1S/C2H4O2.Pd/c1-2(3)4;/h1H3,(H,3,4);/q;+2/p-1. The van der Waals surface area contributed by atoms with Gasteiger partial charge in [0.2, 0.25) is 0 Å². The van der Waals surface area contributed by atoms with E-state index in [-0.39, 0.29) is 20.4 Å². The van der Waals surface area contributed by atoms with Gasteiger partial charge in [-0.2, -0.15) is 0 Å². The van der Waals surface area contributed by atoms with Crippen molar-refractivity contribution in [2.75, 3.05) is 0 Å². The second-order valence-corrected chi connectivity index (χ2v) is 0.492. The minimum absolute atomic E-state index is 0. The predicted octanol–water partition coefficient (Wildman–Crippen LogP) is -1.25. The molecule has 0 aliphatic heterocycles. The summed E-state index contributed by atoms with van der Waals surface area (Å²) in [5.74, 6) is -1.08. The third-order valence-electron chi connectivity index (χ3n) is 0. The number of carboxylic acid groups (broad SMARTS) is 1. The molecule has 0 aromatic heterocycles. The molecule has 3 heteroatoms. The summed E-state index contributed by atoms with van der Waals surface area (Å²) in [6.45, 7) is 0.972. The maximum Gasteiger partial charge on any atom is 2.00 e. The van der Waals surface area contributed by atoms with Gasteiger partial charge in [-0.05, 0) is 6.92 Å². The van der Waals surface area contributed by atoms with Gasteiger partial charge in [0.05, 0.1) is 0 Å². The van der Waals surface area contributed by atoms with Gasteiger partial charge < -0.3 is 9.90 Å². The third kappa shape index (κ3) is 1070. The average Bonchev–Trinajstić information content (AvgIpc) is 0.811. The molecule has 2 nitrogen and oxygen atoms in total. The number of carbonyl (C=O) groups is 1. The van der Waals surface area contributed by atoms with Crippen LogP contribution in [-0.4, -0.2) is 5.97 Å². The molecule has 0 atom stereocenters. The van der Waals surface area contributed by atoms with Crippen molar-refractivity contribution in [1.29, 1.82) is 0 Å². The molecular weight excluding hydrogens is 162 g/mol. The van der Waals surface area contributed by atoms with Crippen LogP contribution in [0.2, 0.25) is 0 Å². The van der Waals surface area contributed by atoms with E-state index in [0.29, 0.717) is 0 Å². The van der Waals surface area contributed by atoms with Crippen LogP contribution in [0.1, 0.15) is 6.92 Å². The fourth-order valence-corrected chi connectivity index (χ4v) is 0. The van der Waals surface area contributed by atoms with Gasteiger partial charge in [-0.15, -0.1) is 0 Å². The molecule has 5 heavy (non-hydrogen) atoms. The van der Waals surface area contributed by atoms with E-state index in [0.717, 1.165) is 6.92 Å². The molecule has 0 aromatic carbocycles. The summed E-state index contributed by atoms with van der Waals surface area (Å²) in [6, 6.07) is 0. The molecule has 0 amide bonds. The summed E-state index contributed by atoms with van der Waals surface area (Å²) < 4.78 is 0. The van der Waals surface area contributed by atoms with Crippen LogP contribution in [0.25, 0.3) is 0 Å². The van der Waals surface area contributed by atoms with E-state index >= 15 is 0 Å². The van der Waals surface area contributed by atoms with E-state index in [4.69, 9.17) is 9.90 Å². The van der Waals surface area contributed by atoms with Crippen molar-refractivity contribution in [1.82, 2.24) is 0 Å². The number of carboxylic acids is 1. The summed E-state index contributed by atoms with van der Waals surface area (Å²) in [6.07, 6.45) is 0. The van der Waals surface area contributed by atoms with Crippen LogP contribution in [0.5, 0.6) is 0 Å². The monoisotopic (exact) mass is 165 g/mol. The molecule has 0 aliphatic rings. The van der Waals surface area contributed by atoms with Gasteiger partial charge >= 0.3 is 20.4 Å². The zero-order valence-electron chi connectivity index (χ0n) is 2.63. The molecule has 0 bridgehead atoms. The van der Waals surface area contributed by atoms with Crippen LogP contribution in [0.15, 0.2) is 0 Å². The van der Waals surface area contributed by atoms with Crippen LogP contribution in [0, 0.1) is 0 Å². The first-order valence-electron chi connectivity index (χ1n) is 0.908. The zero-order valence-corrected chi connectivity index (χ0v) is 4.19. The molecule has 0 aliphatic carbocycles. The Labute approximate surface area is 43.8 Å². The first-order chi connectivity index (χ1) is 1.73. The van der Waals surface area contributed by atoms with E-state index in [9.17, 15) is 0 Å². The Morgan fingerprint density at radius 2 is 1.80 bits per heavy atom. The first kappa shape index (κ1) is 8.93. The van der Waals surface area contributed by atoms with E-state index in [1.54, 1.807) is 0 Å². The van der Waals surface area contributed by atoms with Crippen LogP contribution in [0.3, 0.4) is 0 Å². The largest absolute Gasteiger partial charge is 2.00 e. The average molecular weight is 165 g/mol. The van der Waals surface area contributed by atoms with Crippen LogP contribution >= 0.6 is 0 Å². The van der Waals surface area contributed by atoms with Gasteiger partial charge in [0.25, 0.3) is 0 Å². The number of rotatable bonds is 0. The summed E-state index contributed by atoms with van der Waals surface area (Å²) in [5, 5.41) is 8.89. The van der Waals surface area contributed by atoms with Gasteiger partial charge in [0.1, 0.15) is 0 Å². The summed E-state index contributed by atoms with van der Waals surface area (Å²) >= 11 is 0. The van der Waals surface area contributed by atoms with Gasteiger partial charge in [0, 0.05) is 5.97 Å². The summed E-state index contributed by atoms with van der Waals surface area (Å²) in [4.78, 5) is 8.89. The van der Waals surface area contributed by atoms with E-state index < -0.39 is 5.97 Å². The Bertz CT molecular complexity index is 30.6. The number of aliphatic carboxylic acids is 1. The molecule has 0 heterocycles. The van der Waals surface area contributed by atoms with Gasteiger partial charge in [0.15, 0.2) is 0 Å². The van der Waals surface area contributed by atoms with Crippen molar-refractivity contribution >= 4 is 5.97 Å². The maximum absolute atomic E-state index is 8.89. The molecule has 0 rings (SSSR count). The fourth-order valence-electron chi connectivity index (χ4n) is 0. The number of hydrogen-bond acceptors (Lipinski definition) is 2. The second-order valence-electron chi connectivity index (χ2n) is 0.492. The van der Waals surface area contributed by atoms with Crippen LogP contribution in [-0.2, 0) is 25.2 Å². The molecular formula is C2H3O2Pd+. The van der Waals surface area contributed by atoms with Crippen molar-refractivity contribution in [3.8, 4) is 0 Å². The molecule has 0 saturated carbocycles. The van der Waals surface area contributed by atoms with E-state index in [1.165, 1.54) is 0 Å². The van der Waals surface area contributed by atoms with Crippen molar-refractivity contribution in [3.05, 3.63) is 0 Å². The van der Waals surface area contributed by atoms with E-state index in [1.807, 2.05) is 0 Å². The Balaban J connectivity index is 0. The topological polar surface area (TPSA) is 40.1 Å². The predicted molar refractivity (Wildman–Crippen MR) is 10.7 cm³/mol. The van der Waals surface area contributed by atoms with Gasteiger partial charge in [-0.25, -0.2) is 0 Å². The van der Waals surface area contributed by atoms with Crippen molar-refractivity contribution < 1.29 is 30.3 Å². The molecule has 32 valence electrons. The Morgan fingerprint density at radius 1 is 1.80 bits per heavy atom. The Hall–Kier alpha value is 0.132. The first-order valence-corrected chi connectivity index (χ1v) is 0.908. The third-order valence-corrected chi connectivity index (χ3v) is 0. The van der Waals surface area contributed by atoms with Crippen molar-refractivity contribution in [3.63, 3.8) is 0 Å². The normalized spacial score (nSPS) is 5.00. The molecule has 0 fully saturated rings. The Kier molecular flexibility index (Phi) is 7.38. The molecule has 0 radical (unpaired) electrons. The summed E-state index contributed by atoms with van der Waals surface area (Å²) in [7, 11) is 0. The van der Waals surface area contributed by atoms with Gasteiger partial charge in [-0.1, -0.05) is 0 Å². The fraction of sp³-hybridized carbons (Fsp3) is 0.500. The zero-order chi connectivity index (χ0) is 3.58.